The molecule has 0 unspecified atom stereocenters. The van der Waals surface area contributed by atoms with E-state index in [0.717, 1.165) is 17.1 Å². The maximum atomic E-state index is 12.0. The SMILES string of the molecule is CCn1cc(NC(=O)Cn2cc([N+](=O)[O-])cn2)c(C(=O)NC)n1. The van der Waals surface area contributed by atoms with Gasteiger partial charge in [-0.2, -0.15) is 10.2 Å². The van der Waals surface area contributed by atoms with Crippen molar-refractivity contribution in [3.05, 3.63) is 34.4 Å². The lowest BCUT2D eigenvalue weighted by molar-refractivity contribution is -0.385. The summed E-state index contributed by atoms with van der Waals surface area (Å²) in [5, 5.41) is 23.4. The van der Waals surface area contributed by atoms with E-state index in [1.165, 1.54) is 17.9 Å². The number of hydrogen-bond acceptors (Lipinski definition) is 6. The highest BCUT2D eigenvalue weighted by atomic mass is 16.6. The Morgan fingerprint density at radius 3 is 2.65 bits per heavy atom. The first-order valence-electron chi connectivity index (χ1n) is 6.70. The molecule has 0 atom stereocenters. The number of nitro groups is 1. The van der Waals surface area contributed by atoms with Crippen molar-refractivity contribution >= 4 is 23.2 Å². The Morgan fingerprint density at radius 1 is 1.35 bits per heavy atom. The molecule has 0 aromatic carbocycles. The fraction of sp³-hybridized carbons (Fsp3) is 0.333. The van der Waals surface area contributed by atoms with Crippen molar-refractivity contribution in [3.63, 3.8) is 0 Å². The minimum absolute atomic E-state index is 0.0918. The average molecular weight is 321 g/mol. The molecule has 2 aromatic heterocycles. The largest absolute Gasteiger partial charge is 0.354 e. The first-order valence-corrected chi connectivity index (χ1v) is 6.70. The zero-order valence-corrected chi connectivity index (χ0v) is 12.5. The van der Waals surface area contributed by atoms with Crippen LogP contribution in [0.1, 0.15) is 17.4 Å². The zero-order valence-electron chi connectivity index (χ0n) is 12.5. The highest BCUT2D eigenvalue weighted by Crippen LogP contribution is 2.14. The molecule has 2 amide bonds. The zero-order chi connectivity index (χ0) is 17.0. The predicted octanol–water partition coefficient (Wildman–Crippen LogP) is 0.00600. The number of carbonyl (C=O) groups is 2. The maximum Gasteiger partial charge on any atom is 0.307 e. The summed E-state index contributed by atoms with van der Waals surface area (Å²) in [6.45, 7) is 2.15. The van der Waals surface area contributed by atoms with Crippen LogP contribution in [0.15, 0.2) is 18.6 Å². The molecule has 0 aliphatic carbocycles. The molecule has 11 nitrogen and oxygen atoms in total. The Labute approximate surface area is 130 Å². The summed E-state index contributed by atoms with van der Waals surface area (Å²) < 4.78 is 2.65. The Bertz CT molecular complexity index is 748. The van der Waals surface area contributed by atoms with Gasteiger partial charge in [0.05, 0.1) is 10.6 Å². The number of nitrogens with one attached hydrogen (secondary N) is 2. The maximum absolute atomic E-state index is 12.0. The predicted molar refractivity (Wildman–Crippen MR) is 78.8 cm³/mol. The lowest BCUT2D eigenvalue weighted by Crippen LogP contribution is -2.23. The second-order valence-corrected chi connectivity index (χ2v) is 4.53. The van der Waals surface area contributed by atoms with Crippen LogP contribution in [-0.4, -0.2) is 43.3 Å². The molecule has 0 radical (unpaired) electrons. The minimum atomic E-state index is -0.601. The van der Waals surface area contributed by atoms with Gasteiger partial charge in [0.2, 0.25) is 5.91 Å². The molecule has 0 aliphatic heterocycles. The van der Waals surface area contributed by atoms with Crippen LogP contribution in [0.2, 0.25) is 0 Å². The number of anilines is 1. The Hall–Kier alpha value is -3.24. The van der Waals surface area contributed by atoms with Crippen molar-refractivity contribution in [1.29, 1.82) is 0 Å². The van der Waals surface area contributed by atoms with Crippen molar-refractivity contribution < 1.29 is 14.5 Å². The number of nitrogens with zero attached hydrogens (tertiary/aromatic N) is 5. The summed E-state index contributed by atoms with van der Waals surface area (Å²) >= 11 is 0. The fourth-order valence-electron chi connectivity index (χ4n) is 1.83. The van der Waals surface area contributed by atoms with Crippen LogP contribution in [0.5, 0.6) is 0 Å². The smallest absolute Gasteiger partial charge is 0.307 e. The van der Waals surface area contributed by atoms with Gasteiger partial charge in [0, 0.05) is 19.8 Å². The molecule has 0 saturated carbocycles. The van der Waals surface area contributed by atoms with E-state index in [1.54, 1.807) is 0 Å². The fourth-order valence-corrected chi connectivity index (χ4v) is 1.83. The van der Waals surface area contributed by atoms with Gasteiger partial charge in [0.1, 0.15) is 18.9 Å². The van der Waals surface area contributed by atoms with E-state index in [2.05, 4.69) is 20.8 Å². The van der Waals surface area contributed by atoms with Crippen LogP contribution in [0.4, 0.5) is 11.4 Å². The summed E-state index contributed by atoms with van der Waals surface area (Å²) in [5.41, 5.74) is 0.148. The Morgan fingerprint density at radius 2 is 2.09 bits per heavy atom. The van der Waals surface area contributed by atoms with Crippen molar-refractivity contribution in [2.75, 3.05) is 12.4 Å². The van der Waals surface area contributed by atoms with E-state index in [-0.39, 0.29) is 23.6 Å². The number of aromatic nitrogens is 4. The second kappa shape index (κ2) is 6.68. The molecule has 2 aromatic rings. The van der Waals surface area contributed by atoms with Crippen molar-refractivity contribution in [2.45, 2.75) is 20.0 Å². The van der Waals surface area contributed by atoms with Crippen LogP contribution in [-0.2, 0) is 17.9 Å². The summed E-state index contributed by atoms with van der Waals surface area (Å²) in [7, 11) is 1.46. The first kappa shape index (κ1) is 16.1. The van der Waals surface area contributed by atoms with E-state index in [9.17, 15) is 19.7 Å². The third-order valence-corrected chi connectivity index (χ3v) is 2.94. The van der Waals surface area contributed by atoms with E-state index in [1.807, 2.05) is 6.92 Å². The number of amides is 2. The average Bonchev–Trinajstić information content (AvgIpc) is 3.13. The molecule has 2 N–H and O–H groups in total. The third kappa shape index (κ3) is 3.70. The molecule has 0 saturated heterocycles. The second-order valence-electron chi connectivity index (χ2n) is 4.53. The molecule has 2 heterocycles. The molecule has 0 aliphatic rings. The van der Waals surface area contributed by atoms with Gasteiger partial charge >= 0.3 is 5.69 Å². The number of rotatable bonds is 6. The van der Waals surface area contributed by atoms with Gasteiger partial charge in [-0.25, -0.2) is 0 Å². The minimum Gasteiger partial charge on any atom is -0.354 e. The molecule has 0 bridgehead atoms. The van der Waals surface area contributed by atoms with Crippen LogP contribution in [0.3, 0.4) is 0 Å². The van der Waals surface area contributed by atoms with E-state index in [4.69, 9.17) is 0 Å². The topological polar surface area (TPSA) is 137 Å². The lowest BCUT2D eigenvalue weighted by Gasteiger charge is -2.04. The van der Waals surface area contributed by atoms with E-state index in [0.29, 0.717) is 6.54 Å². The van der Waals surface area contributed by atoms with Crippen LogP contribution < -0.4 is 10.6 Å². The molecule has 11 heteroatoms. The highest BCUT2D eigenvalue weighted by molar-refractivity contribution is 6.02. The summed E-state index contributed by atoms with van der Waals surface area (Å²) in [4.78, 5) is 33.7. The quantitative estimate of drug-likeness (QED) is 0.568. The number of aryl methyl sites for hydroxylation is 1. The molecule has 0 spiro atoms. The van der Waals surface area contributed by atoms with Gasteiger partial charge in [0.15, 0.2) is 5.69 Å². The molecule has 23 heavy (non-hydrogen) atoms. The van der Waals surface area contributed by atoms with E-state index < -0.39 is 16.7 Å². The lowest BCUT2D eigenvalue weighted by atomic mass is 10.3. The summed E-state index contributed by atoms with van der Waals surface area (Å²) in [6.07, 6.45) is 3.74. The van der Waals surface area contributed by atoms with Gasteiger partial charge < -0.3 is 10.6 Å². The Kier molecular flexibility index (Phi) is 4.69. The molecular weight excluding hydrogens is 306 g/mol. The monoisotopic (exact) mass is 321 g/mol. The van der Waals surface area contributed by atoms with Crippen molar-refractivity contribution in [1.82, 2.24) is 24.9 Å². The summed E-state index contributed by atoms with van der Waals surface area (Å²) in [5.74, 6) is -0.911. The van der Waals surface area contributed by atoms with Crippen LogP contribution in [0, 0.1) is 10.1 Å². The third-order valence-electron chi connectivity index (χ3n) is 2.94. The van der Waals surface area contributed by atoms with Gasteiger partial charge in [-0.1, -0.05) is 0 Å². The normalized spacial score (nSPS) is 10.3. The van der Waals surface area contributed by atoms with Gasteiger partial charge in [0.25, 0.3) is 5.91 Å². The molecule has 2 rings (SSSR count). The molecular formula is C12H15N7O4. The summed E-state index contributed by atoms with van der Waals surface area (Å²) in [6, 6.07) is 0. The van der Waals surface area contributed by atoms with Crippen LogP contribution in [0.25, 0.3) is 0 Å². The Balaban J connectivity index is 2.11. The van der Waals surface area contributed by atoms with Crippen molar-refractivity contribution in [2.24, 2.45) is 0 Å². The highest BCUT2D eigenvalue weighted by Gasteiger charge is 2.18. The van der Waals surface area contributed by atoms with Crippen LogP contribution >= 0.6 is 0 Å². The van der Waals surface area contributed by atoms with E-state index >= 15 is 0 Å². The standard InChI is InChI=1S/C12H15N7O4/c1-3-17-6-9(11(16-17)12(21)13-2)15-10(20)7-18-5-8(4-14-18)19(22)23/h4-6H,3,7H2,1-2H3,(H,13,21)(H,15,20). The molecule has 122 valence electrons. The van der Waals surface area contributed by atoms with Crippen molar-refractivity contribution in [3.8, 4) is 0 Å². The van der Waals surface area contributed by atoms with Gasteiger partial charge in [-0.3, -0.25) is 29.1 Å². The molecule has 0 fully saturated rings. The number of hydrogen-bond donors (Lipinski definition) is 2. The number of carbonyl (C=O) groups excluding carboxylic acids is 2. The van der Waals surface area contributed by atoms with Gasteiger partial charge in [-0.15, -0.1) is 0 Å². The van der Waals surface area contributed by atoms with Gasteiger partial charge in [-0.05, 0) is 6.92 Å². The first-order chi connectivity index (χ1) is 10.9.